The van der Waals surface area contributed by atoms with Gasteiger partial charge in [0, 0.05) is 20.0 Å². The maximum atomic E-state index is 12.1. The van der Waals surface area contributed by atoms with Gasteiger partial charge in [0.2, 0.25) is 5.91 Å². The van der Waals surface area contributed by atoms with Gasteiger partial charge in [-0.15, -0.1) is 5.10 Å². The largest absolute Gasteiger partial charge is 0.341 e. The molecule has 0 bridgehead atoms. The number of piperidine rings is 1. The molecule has 0 aliphatic carbocycles. The predicted molar refractivity (Wildman–Crippen MR) is 65.2 cm³/mol. The van der Waals surface area contributed by atoms with Crippen molar-refractivity contribution in [3.8, 4) is 0 Å². The van der Waals surface area contributed by atoms with Gasteiger partial charge in [-0.3, -0.25) is 9.59 Å². The first-order valence-electron chi connectivity index (χ1n) is 6.28. The van der Waals surface area contributed by atoms with Crippen LogP contribution in [0.5, 0.6) is 0 Å². The molecule has 1 aliphatic heterocycles. The summed E-state index contributed by atoms with van der Waals surface area (Å²) in [4.78, 5) is 25.2. The van der Waals surface area contributed by atoms with Gasteiger partial charge < -0.3 is 4.90 Å². The van der Waals surface area contributed by atoms with E-state index < -0.39 is 0 Å². The van der Waals surface area contributed by atoms with Crippen LogP contribution >= 0.6 is 0 Å². The van der Waals surface area contributed by atoms with E-state index in [2.05, 4.69) is 10.3 Å². The molecule has 2 heterocycles. The number of hydrogen-bond acceptors (Lipinski definition) is 4. The lowest BCUT2D eigenvalue weighted by Gasteiger charge is -2.26. The van der Waals surface area contributed by atoms with Gasteiger partial charge in [-0.1, -0.05) is 5.21 Å². The summed E-state index contributed by atoms with van der Waals surface area (Å²) in [6, 6.07) is 0. The molecular formula is C12H18N4O2. The average molecular weight is 250 g/mol. The molecule has 98 valence electrons. The highest BCUT2D eigenvalue weighted by molar-refractivity contribution is 5.93. The highest BCUT2D eigenvalue weighted by atomic mass is 16.2. The summed E-state index contributed by atoms with van der Waals surface area (Å²) in [5.74, 6) is -0.0676. The van der Waals surface area contributed by atoms with E-state index in [0.717, 1.165) is 25.9 Å². The van der Waals surface area contributed by atoms with Gasteiger partial charge in [-0.05, 0) is 26.2 Å². The zero-order valence-electron chi connectivity index (χ0n) is 10.8. The molecule has 1 aliphatic rings. The number of carbonyl (C=O) groups is 2. The summed E-state index contributed by atoms with van der Waals surface area (Å²) < 4.78 is 1.51. The lowest BCUT2D eigenvalue weighted by molar-refractivity contribution is -0.133. The summed E-state index contributed by atoms with van der Waals surface area (Å²) in [6.45, 7) is 5.04. The van der Waals surface area contributed by atoms with E-state index in [1.807, 2.05) is 4.90 Å². The second kappa shape index (κ2) is 5.29. The first-order valence-corrected chi connectivity index (χ1v) is 6.28. The van der Waals surface area contributed by atoms with Crippen molar-refractivity contribution in [1.29, 1.82) is 0 Å². The molecule has 0 spiro atoms. The van der Waals surface area contributed by atoms with Crippen molar-refractivity contribution in [1.82, 2.24) is 19.9 Å². The molecule has 0 N–H and O–H groups in total. The van der Waals surface area contributed by atoms with Gasteiger partial charge in [0.1, 0.15) is 6.54 Å². The smallest absolute Gasteiger partial charge is 0.244 e. The third kappa shape index (κ3) is 2.57. The van der Waals surface area contributed by atoms with Crippen molar-refractivity contribution in [2.45, 2.75) is 39.7 Å². The van der Waals surface area contributed by atoms with Crippen LogP contribution in [0, 0.1) is 6.92 Å². The SMILES string of the molecule is CC(=O)c1nnn(CC(=O)N2CCCCC2)c1C. The Kier molecular flexibility index (Phi) is 3.74. The monoisotopic (exact) mass is 250 g/mol. The summed E-state index contributed by atoms with van der Waals surface area (Å²) in [7, 11) is 0. The van der Waals surface area contributed by atoms with E-state index in [4.69, 9.17) is 0 Å². The first-order chi connectivity index (χ1) is 8.59. The van der Waals surface area contributed by atoms with E-state index in [1.165, 1.54) is 18.0 Å². The molecule has 18 heavy (non-hydrogen) atoms. The number of Topliss-reactive ketones (excluding diaryl/α,β-unsaturated/α-hetero) is 1. The Labute approximate surface area is 106 Å². The first kappa shape index (κ1) is 12.7. The van der Waals surface area contributed by atoms with Crippen LogP contribution in [0.15, 0.2) is 0 Å². The fourth-order valence-electron chi connectivity index (χ4n) is 2.21. The molecule has 0 radical (unpaired) electrons. The number of aromatic nitrogens is 3. The maximum absolute atomic E-state index is 12.1. The summed E-state index contributed by atoms with van der Waals surface area (Å²) in [5, 5.41) is 7.68. The van der Waals surface area contributed by atoms with Crippen LogP contribution in [-0.2, 0) is 11.3 Å². The van der Waals surface area contributed by atoms with Gasteiger partial charge >= 0.3 is 0 Å². The van der Waals surface area contributed by atoms with E-state index in [-0.39, 0.29) is 18.2 Å². The Bertz CT molecular complexity index is 461. The topological polar surface area (TPSA) is 68.1 Å². The minimum atomic E-state index is -0.121. The Morgan fingerprint density at radius 2 is 1.89 bits per heavy atom. The van der Waals surface area contributed by atoms with E-state index in [1.54, 1.807) is 6.92 Å². The molecule has 1 amide bonds. The van der Waals surface area contributed by atoms with Crippen LogP contribution in [0.3, 0.4) is 0 Å². The Morgan fingerprint density at radius 1 is 1.22 bits per heavy atom. The van der Waals surface area contributed by atoms with Crippen molar-refractivity contribution in [3.05, 3.63) is 11.4 Å². The number of likely N-dealkylation sites (tertiary alicyclic amines) is 1. The molecule has 6 nitrogen and oxygen atoms in total. The maximum Gasteiger partial charge on any atom is 0.244 e. The van der Waals surface area contributed by atoms with Gasteiger partial charge in [0.15, 0.2) is 11.5 Å². The minimum Gasteiger partial charge on any atom is -0.341 e. The summed E-state index contributed by atoms with van der Waals surface area (Å²) in [5.41, 5.74) is 1.01. The minimum absolute atomic E-state index is 0.0535. The summed E-state index contributed by atoms with van der Waals surface area (Å²) in [6.07, 6.45) is 3.34. The molecule has 0 atom stereocenters. The Balaban J connectivity index is 2.04. The number of carbonyl (C=O) groups excluding carboxylic acids is 2. The normalized spacial score (nSPS) is 15.8. The lowest BCUT2D eigenvalue weighted by Crippen LogP contribution is -2.38. The third-order valence-corrected chi connectivity index (χ3v) is 3.31. The van der Waals surface area contributed by atoms with E-state index in [0.29, 0.717) is 11.4 Å². The second-order valence-corrected chi connectivity index (χ2v) is 4.68. The second-order valence-electron chi connectivity index (χ2n) is 4.68. The fourth-order valence-corrected chi connectivity index (χ4v) is 2.21. The molecule has 6 heteroatoms. The molecule has 2 rings (SSSR count). The van der Waals surface area contributed by atoms with Crippen LogP contribution < -0.4 is 0 Å². The van der Waals surface area contributed by atoms with Crippen LogP contribution in [0.25, 0.3) is 0 Å². The van der Waals surface area contributed by atoms with Crippen molar-refractivity contribution < 1.29 is 9.59 Å². The quantitative estimate of drug-likeness (QED) is 0.744. The van der Waals surface area contributed by atoms with Gasteiger partial charge in [0.25, 0.3) is 0 Å². The zero-order valence-corrected chi connectivity index (χ0v) is 10.8. The molecule has 1 aromatic heterocycles. The zero-order chi connectivity index (χ0) is 13.1. The number of rotatable bonds is 3. The van der Waals surface area contributed by atoms with Gasteiger partial charge in [-0.25, -0.2) is 4.68 Å². The number of hydrogen-bond donors (Lipinski definition) is 0. The summed E-state index contributed by atoms with van der Waals surface area (Å²) >= 11 is 0. The lowest BCUT2D eigenvalue weighted by atomic mass is 10.1. The van der Waals surface area contributed by atoms with Crippen LogP contribution in [-0.4, -0.2) is 44.7 Å². The third-order valence-electron chi connectivity index (χ3n) is 3.31. The van der Waals surface area contributed by atoms with Gasteiger partial charge in [0.05, 0.1) is 5.69 Å². The van der Waals surface area contributed by atoms with Gasteiger partial charge in [-0.2, -0.15) is 0 Å². The molecule has 1 fully saturated rings. The predicted octanol–water partition coefficient (Wildman–Crippen LogP) is 0.802. The Morgan fingerprint density at radius 3 is 2.44 bits per heavy atom. The van der Waals surface area contributed by atoms with Crippen molar-refractivity contribution >= 4 is 11.7 Å². The standard InChI is InChI=1S/C12H18N4O2/c1-9-12(10(2)17)13-14-16(9)8-11(18)15-6-4-3-5-7-15/h3-8H2,1-2H3. The molecule has 0 unspecified atom stereocenters. The van der Waals surface area contributed by atoms with Crippen LogP contribution in [0.1, 0.15) is 42.4 Å². The highest BCUT2D eigenvalue weighted by Gasteiger charge is 2.19. The number of amides is 1. The fraction of sp³-hybridized carbons (Fsp3) is 0.667. The highest BCUT2D eigenvalue weighted by Crippen LogP contribution is 2.10. The number of ketones is 1. The van der Waals surface area contributed by atoms with Crippen LogP contribution in [0.4, 0.5) is 0 Å². The molecule has 1 saturated heterocycles. The van der Waals surface area contributed by atoms with Crippen molar-refractivity contribution in [3.63, 3.8) is 0 Å². The average Bonchev–Trinajstić information content (AvgIpc) is 2.72. The van der Waals surface area contributed by atoms with Crippen LogP contribution in [0.2, 0.25) is 0 Å². The molecule has 0 aromatic carbocycles. The number of nitrogens with zero attached hydrogens (tertiary/aromatic N) is 4. The van der Waals surface area contributed by atoms with Crippen molar-refractivity contribution in [2.75, 3.05) is 13.1 Å². The molecule has 1 aromatic rings. The molecule has 0 saturated carbocycles. The van der Waals surface area contributed by atoms with Crippen molar-refractivity contribution in [2.24, 2.45) is 0 Å². The van der Waals surface area contributed by atoms with E-state index >= 15 is 0 Å². The van der Waals surface area contributed by atoms with E-state index in [9.17, 15) is 9.59 Å². The molecular weight excluding hydrogens is 232 g/mol. The Hall–Kier alpha value is -1.72.